The zero-order valence-corrected chi connectivity index (χ0v) is 14.7. The Labute approximate surface area is 109 Å². The van der Waals surface area contributed by atoms with Crippen molar-refractivity contribution < 1.29 is 0 Å². The molecule has 0 amide bonds. The van der Waals surface area contributed by atoms with Gasteiger partial charge in [-0.25, -0.2) is 0 Å². The smallest absolute Gasteiger partial charge is 0 e. The van der Waals surface area contributed by atoms with Gasteiger partial charge in [0.1, 0.15) is 0 Å². The second kappa shape index (κ2) is 13.6. The van der Waals surface area contributed by atoms with Crippen LogP contribution in [0.25, 0.3) is 0 Å². The van der Waals surface area contributed by atoms with Crippen molar-refractivity contribution in [1.29, 1.82) is 0 Å². The van der Waals surface area contributed by atoms with Crippen molar-refractivity contribution in [2.24, 2.45) is 0 Å². The molecule has 0 fully saturated rings. The van der Waals surface area contributed by atoms with Gasteiger partial charge < -0.3 is 0 Å². The topological polar surface area (TPSA) is 0 Å². The molecule has 12 heavy (non-hydrogen) atoms. The Kier molecular flexibility index (Phi) is 16.6. The van der Waals surface area contributed by atoms with Gasteiger partial charge in [-0.3, -0.25) is 0 Å². The summed E-state index contributed by atoms with van der Waals surface area (Å²) in [5.74, 6) is 0. The zero-order valence-electron chi connectivity index (χ0n) is 4.90. The third-order valence-corrected chi connectivity index (χ3v) is 20.2. The Hall–Kier alpha value is 2.64. The number of hydrogen-bond donors (Lipinski definition) is 0. The van der Waals surface area contributed by atoms with Crippen LogP contribution in [0.5, 0.6) is 0 Å². The van der Waals surface area contributed by atoms with Crippen molar-refractivity contribution >= 4 is 111 Å². The fraction of sp³-hybridized carbons (Fsp3) is 0. The van der Waals surface area contributed by atoms with Gasteiger partial charge in [-0.2, -0.15) is 0 Å². The van der Waals surface area contributed by atoms with E-state index >= 15 is 0 Å². The van der Waals surface area contributed by atoms with Crippen LogP contribution in [-0.2, 0) is 111 Å². The minimum absolute atomic E-state index is 1.36. The summed E-state index contributed by atoms with van der Waals surface area (Å²) in [7, 11) is 16.3. The fourth-order valence-corrected chi connectivity index (χ4v) is 22.0. The first-order valence-electron chi connectivity index (χ1n) is 1.83. The van der Waals surface area contributed by atoms with Crippen molar-refractivity contribution in [3.05, 3.63) is 0 Å². The normalized spacial score (nSPS) is 7.00. The predicted octanol–water partition coefficient (Wildman–Crippen LogP) is -0.0288. The average Bonchev–Trinajstić information content (AvgIpc) is 2.10. The molecule has 0 heterocycles. The van der Waals surface area contributed by atoms with Crippen molar-refractivity contribution in [2.45, 2.75) is 0 Å². The van der Waals surface area contributed by atoms with E-state index in [-0.39, 0.29) is 0 Å². The van der Waals surface area contributed by atoms with Crippen molar-refractivity contribution in [1.82, 2.24) is 0 Å². The van der Waals surface area contributed by atoms with Gasteiger partial charge in [-0.15, -0.1) is 0 Å². The van der Waals surface area contributed by atoms with Crippen LogP contribution in [0.2, 0.25) is 0 Å². The van der Waals surface area contributed by atoms with Crippen LogP contribution >= 0.6 is 0 Å². The molecule has 0 aromatic carbocycles. The third-order valence-electron chi connectivity index (χ3n) is 0.250. The number of hydrogen-bond acceptors (Lipinski definition) is 2. The van der Waals surface area contributed by atoms with Crippen LogP contribution in [-0.4, -0.2) is 0 Å². The molecule has 0 aliphatic heterocycles. The van der Waals surface area contributed by atoms with Gasteiger partial charge in [0.25, 0.3) is 0 Å². The highest BCUT2D eigenvalue weighted by molar-refractivity contribution is 8.75. The van der Waals surface area contributed by atoms with E-state index in [4.69, 9.17) is 0 Å². The highest BCUT2D eigenvalue weighted by Gasteiger charge is 1.38. The lowest BCUT2D eigenvalue weighted by Crippen LogP contribution is -1.37. The Morgan fingerprint density at radius 3 is 0.917 bits per heavy atom. The first kappa shape index (κ1) is 14.6. The van der Waals surface area contributed by atoms with Gasteiger partial charge in [-0.05, 0) is 0 Å². The predicted molar refractivity (Wildman–Crippen MR) is 88.4 cm³/mol. The van der Waals surface area contributed by atoms with E-state index in [0.717, 1.165) is 0 Å². The van der Waals surface area contributed by atoms with Crippen LogP contribution in [0.15, 0.2) is 0 Å². The van der Waals surface area contributed by atoms with Gasteiger partial charge in [0.15, 0.2) is 0 Å². The average molecular weight is 385 g/mol. The molecule has 0 aromatic heterocycles. The highest BCUT2D eigenvalue weighted by atomic mass is 33.4. The van der Waals surface area contributed by atoms with Crippen molar-refractivity contribution in [3.8, 4) is 0 Å². The van der Waals surface area contributed by atoms with Crippen LogP contribution in [0.1, 0.15) is 0 Å². The Bertz CT molecular complexity index is 449. The van der Waals surface area contributed by atoms with Gasteiger partial charge in [0.2, 0.25) is 0 Å². The van der Waals surface area contributed by atoms with E-state index in [0.29, 0.717) is 0 Å². The summed E-state index contributed by atoms with van der Waals surface area (Å²) in [5, 5.41) is 0. The molecule has 12 heteroatoms. The molecule has 0 aliphatic carbocycles. The Morgan fingerprint density at radius 2 is 0.667 bits per heavy atom. The Morgan fingerprint density at radius 1 is 0.417 bits per heavy atom. The molecule has 0 aromatic rings. The Balaban J connectivity index is 5.45. The van der Waals surface area contributed by atoms with Crippen LogP contribution in [0.3, 0.4) is 0 Å². The number of rotatable bonds is 0. The molecule has 0 saturated heterocycles. The van der Waals surface area contributed by atoms with E-state index in [2.05, 4.69) is 22.4 Å². The molecule has 0 atom stereocenters. The largest absolute Gasteiger partial charge is 0 e. The minimum Gasteiger partial charge on any atom is 0 e. The van der Waals surface area contributed by atoms with Crippen LogP contribution < -0.4 is 0 Å². The molecule has 0 spiro atoms. The van der Waals surface area contributed by atoms with Crippen molar-refractivity contribution in [3.63, 3.8) is 0 Å². The van der Waals surface area contributed by atoms with Gasteiger partial charge >= 0.3 is 0 Å². The van der Waals surface area contributed by atoms with Gasteiger partial charge in [0.05, 0.1) is 0 Å². The summed E-state index contributed by atoms with van der Waals surface area (Å²) >= 11 is 9.38. The fourth-order valence-electron chi connectivity index (χ4n) is 0.0907. The maximum absolute atomic E-state index is 4.69. The second-order valence-corrected chi connectivity index (χ2v) is 18.4. The monoisotopic (exact) mass is 384 g/mol. The maximum atomic E-state index is 4.69. The summed E-state index contributed by atoms with van der Waals surface area (Å²) in [6.07, 6.45) is 0. The van der Waals surface area contributed by atoms with Gasteiger partial charge in [0, 0.05) is 111 Å². The van der Waals surface area contributed by atoms with Crippen molar-refractivity contribution in [2.75, 3.05) is 0 Å². The summed E-state index contributed by atoms with van der Waals surface area (Å²) in [6.45, 7) is 0. The van der Waals surface area contributed by atoms with E-state index < -0.39 is 0 Å². The van der Waals surface area contributed by atoms with E-state index in [1.165, 1.54) is 17.8 Å². The molecule has 72 valence electrons. The lowest BCUT2D eigenvalue weighted by molar-refractivity contribution is 5.99. The van der Waals surface area contributed by atoms with E-state index in [1.54, 1.807) is 71.0 Å². The molecule has 0 radical (unpaired) electrons. The molecule has 0 bridgehead atoms. The molecule has 0 nitrogen and oxygen atoms in total. The molecular weight excluding hydrogens is 385 g/mol. The zero-order chi connectivity index (χ0) is 9.07. The summed E-state index contributed by atoms with van der Waals surface area (Å²) < 4.78 is 0. The second-order valence-electron chi connectivity index (χ2n) is 0.680. The lowest BCUT2D eigenvalue weighted by atomic mass is 30.7. The lowest BCUT2D eigenvalue weighted by Gasteiger charge is -1.37. The molecule has 0 aliphatic rings. The first-order valence-corrected chi connectivity index (χ1v) is 16.5. The molecule has 0 saturated carbocycles. The quantitative estimate of drug-likeness (QED) is 0.575. The SMILES string of the molecule is S=S=S=S=S=S=S=S=S=S=S=S. The third kappa shape index (κ3) is 12.6. The first-order chi connectivity index (χ1) is 5.91. The standard InChI is InChI=1S/S12/c1-3-5-7-9-11-12-10-8-6-4-2. The molecule has 0 rings (SSSR count). The summed E-state index contributed by atoms with van der Waals surface area (Å²) in [4.78, 5) is 0. The minimum atomic E-state index is 1.36. The summed E-state index contributed by atoms with van der Waals surface area (Å²) in [5.41, 5.74) is 0. The van der Waals surface area contributed by atoms with Crippen LogP contribution in [0.4, 0.5) is 0 Å². The summed E-state index contributed by atoms with van der Waals surface area (Å²) in [6, 6.07) is 0. The van der Waals surface area contributed by atoms with E-state index in [9.17, 15) is 0 Å². The van der Waals surface area contributed by atoms with Gasteiger partial charge in [-0.1, -0.05) is 0 Å². The maximum Gasteiger partial charge on any atom is 0 e. The molecular formula is S12. The van der Waals surface area contributed by atoms with E-state index in [1.807, 2.05) is 0 Å². The molecule has 0 unspecified atom stereocenters. The van der Waals surface area contributed by atoms with Crippen LogP contribution in [0, 0.1) is 0 Å². The highest BCUT2D eigenvalue weighted by Crippen LogP contribution is 1.38. The molecule has 0 N–H and O–H groups in total.